The van der Waals surface area contributed by atoms with Crippen molar-refractivity contribution in [1.29, 1.82) is 5.26 Å². The largest absolute Gasteiger partial charge is 0.483 e. The van der Waals surface area contributed by atoms with Gasteiger partial charge in [0.15, 0.2) is 6.61 Å². The predicted molar refractivity (Wildman–Crippen MR) is 80.4 cm³/mol. The first kappa shape index (κ1) is 16.5. The van der Waals surface area contributed by atoms with Crippen molar-refractivity contribution in [3.05, 3.63) is 28.2 Å². The molecule has 1 atom stereocenters. The van der Waals surface area contributed by atoms with Crippen molar-refractivity contribution in [2.45, 2.75) is 19.9 Å². The highest BCUT2D eigenvalue weighted by Crippen LogP contribution is 2.28. The number of nitrogens with one attached hydrogen (secondary N) is 2. The SMILES string of the molecule is CCNC(C)c1cc(Br)ccc1OCC(=O)NCC#N. The van der Waals surface area contributed by atoms with Gasteiger partial charge in [-0.3, -0.25) is 4.79 Å². The third-order valence-corrected chi connectivity index (χ3v) is 3.17. The summed E-state index contributed by atoms with van der Waals surface area (Å²) in [4.78, 5) is 11.4. The Labute approximate surface area is 127 Å². The molecular formula is C14H18BrN3O2. The fourth-order valence-corrected chi connectivity index (χ4v) is 2.12. The van der Waals surface area contributed by atoms with Gasteiger partial charge in [0, 0.05) is 16.1 Å². The Hall–Kier alpha value is -1.58. The molecule has 5 nitrogen and oxygen atoms in total. The Balaban J connectivity index is 2.74. The maximum absolute atomic E-state index is 11.4. The van der Waals surface area contributed by atoms with Gasteiger partial charge in [-0.05, 0) is 31.7 Å². The first-order chi connectivity index (χ1) is 9.58. The molecule has 1 aromatic rings. The average Bonchev–Trinajstić information content (AvgIpc) is 2.43. The summed E-state index contributed by atoms with van der Waals surface area (Å²) in [6, 6.07) is 7.63. The van der Waals surface area contributed by atoms with Crippen LogP contribution in [0.25, 0.3) is 0 Å². The second-order valence-corrected chi connectivity index (χ2v) is 5.10. The van der Waals surface area contributed by atoms with Crippen molar-refractivity contribution >= 4 is 21.8 Å². The maximum atomic E-state index is 11.4. The van der Waals surface area contributed by atoms with E-state index in [1.165, 1.54) is 0 Å². The Morgan fingerprint density at radius 3 is 2.95 bits per heavy atom. The lowest BCUT2D eigenvalue weighted by Crippen LogP contribution is -2.29. The molecule has 0 aromatic heterocycles. The molecular weight excluding hydrogens is 322 g/mol. The molecule has 20 heavy (non-hydrogen) atoms. The van der Waals surface area contributed by atoms with E-state index in [9.17, 15) is 4.79 Å². The van der Waals surface area contributed by atoms with Crippen LogP contribution in [0.2, 0.25) is 0 Å². The van der Waals surface area contributed by atoms with E-state index in [0.717, 1.165) is 16.6 Å². The topological polar surface area (TPSA) is 74.2 Å². The molecule has 0 aliphatic carbocycles. The van der Waals surface area contributed by atoms with Gasteiger partial charge in [-0.15, -0.1) is 0 Å². The van der Waals surface area contributed by atoms with E-state index in [1.54, 1.807) is 0 Å². The molecule has 0 fully saturated rings. The van der Waals surface area contributed by atoms with Crippen molar-refractivity contribution in [3.63, 3.8) is 0 Å². The molecule has 1 unspecified atom stereocenters. The molecule has 0 aliphatic rings. The summed E-state index contributed by atoms with van der Waals surface area (Å²) < 4.78 is 6.49. The minimum absolute atomic E-state index is 0.0107. The molecule has 0 radical (unpaired) electrons. The van der Waals surface area contributed by atoms with Gasteiger partial charge >= 0.3 is 0 Å². The second-order valence-electron chi connectivity index (χ2n) is 4.19. The fraction of sp³-hybridized carbons (Fsp3) is 0.429. The molecule has 1 rings (SSSR count). The Morgan fingerprint density at radius 1 is 1.55 bits per heavy atom. The van der Waals surface area contributed by atoms with Crippen LogP contribution in [0.1, 0.15) is 25.5 Å². The van der Waals surface area contributed by atoms with E-state index >= 15 is 0 Å². The van der Waals surface area contributed by atoms with Crippen molar-refractivity contribution < 1.29 is 9.53 Å². The summed E-state index contributed by atoms with van der Waals surface area (Å²) in [7, 11) is 0. The van der Waals surface area contributed by atoms with E-state index < -0.39 is 0 Å². The molecule has 0 aliphatic heterocycles. The van der Waals surface area contributed by atoms with Gasteiger partial charge in [-0.1, -0.05) is 22.9 Å². The number of hydrogen-bond acceptors (Lipinski definition) is 4. The molecule has 0 saturated carbocycles. The highest BCUT2D eigenvalue weighted by molar-refractivity contribution is 9.10. The Bertz CT molecular complexity index is 500. The second kappa shape index (κ2) is 8.56. The van der Waals surface area contributed by atoms with E-state index in [2.05, 4.69) is 26.6 Å². The smallest absolute Gasteiger partial charge is 0.258 e. The third kappa shape index (κ3) is 5.19. The van der Waals surface area contributed by atoms with Crippen LogP contribution >= 0.6 is 15.9 Å². The number of carbonyl (C=O) groups is 1. The molecule has 0 spiro atoms. The number of amides is 1. The van der Waals surface area contributed by atoms with E-state index in [1.807, 2.05) is 38.1 Å². The molecule has 6 heteroatoms. The van der Waals surface area contributed by atoms with Gasteiger partial charge in [0.25, 0.3) is 5.91 Å². The van der Waals surface area contributed by atoms with Crippen LogP contribution in [0.3, 0.4) is 0 Å². The number of carbonyl (C=O) groups excluding carboxylic acids is 1. The third-order valence-electron chi connectivity index (χ3n) is 2.67. The molecule has 1 amide bonds. The van der Waals surface area contributed by atoms with Crippen LogP contribution in [0.15, 0.2) is 22.7 Å². The first-order valence-electron chi connectivity index (χ1n) is 6.37. The van der Waals surface area contributed by atoms with E-state index in [-0.39, 0.29) is 25.1 Å². The summed E-state index contributed by atoms with van der Waals surface area (Å²) in [6.07, 6.45) is 0. The van der Waals surface area contributed by atoms with Crippen molar-refractivity contribution in [2.24, 2.45) is 0 Å². The summed E-state index contributed by atoms with van der Waals surface area (Å²) in [6.45, 7) is 4.80. The number of benzene rings is 1. The molecule has 108 valence electrons. The van der Waals surface area contributed by atoms with Gasteiger partial charge in [0.1, 0.15) is 12.3 Å². The normalized spacial score (nSPS) is 11.5. The van der Waals surface area contributed by atoms with Crippen molar-refractivity contribution in [2.75, 3.05) is 19.7 Å². The van der Waals surface area contributed by atoms with Gasteiger partial charge in [-0.2, -0.15) is 5.26 Å². The van der Waals surface area contributed by atoms with Crippen molar-refractivity contribution in [3.8, 4) is 11.8 Å². The summed E-state index contributed by atoms with van der Waals surface area (Å²) in [5.41, 5.74) is 0.981. The van der Waals surface area contributed by atoms with E-state index in [0.29, 0.717) is 5.75 Å². The summed E-state index contributed by atoms with van der Waals surface area (Å²) in [5.74, 6) is 0.352. The lowest BCUT2D eigenvalue weighted by Gasteiger charge is -2.18. The minimum atomic E-state index is -0.309. The standard InChI is InChI=1S/C14H18BrN3O2/c1-3-17-10(2)12-8-11(15)4-5-13(12)20-9-14(19)18-7-6-16/h4-5,8,10,17H,3,7,9H2,1-2H3,(H,18,19). The minimum Gasteiger partial charge on any atom is -0.483 e. The number of halogens is 1. The zero-order valence-electron chi connectivity index (χ0n) is 11.6. The fourth-order valence-electron chi connectivity index (χ4n) is 1.74. The van der Waals surface area contributed by atoms with Gasteiger partial charge in [-0.25, -0.2) is 0 Å². The Kier molecular flexibility index (Phi) is 7.05. The van der Waals surface area contributed by atoms with E-state index in [4.69, 9.17) is 10.00 Å². The highest BCUT2D eigenvalue weighted by Gasteiger charge is 2.12. The first-order valence-corrected chi connectivity index (χ1v) is 7.17. The average molecular weight is 340 g/mol. The predicted octanol–water partition coefficient (Wildman–Crippen LogP) is 2.14. The molecule has 0 saturated heterocycles. The quantitative estimate of drug-likeness (QED) is 0.746. The number of hydrogen-bond donors (Lipinski definition) is 2. The van der Waals surface area contributed by atoms with Crippen LogP contribution < -0.4 is 15.4 Å². The van der Waals surface area contributed by atoms with Crippen LogP contribution in [0.4, 0.5) is 0 Å². The number of nitriles is 1. The van der Waals surface area contributed by atoms with Crippen LogP contribution in [-0.2, 0) is 4.79 Å². The van der Waals surface area contributed by atoms with Crippen LogP contribution in [0.5, 0.6) is 5.75 Å². The number of nitrogens with zero attached hydrogens (tertiary/aromatic N) is 1. The monoisotopic (exact) mass is 339 g/mol. The summed E-state index contributed by atoms with van der Waals surface area (Å²) >= 11 is 3.43. The zero-order valence-corrected chi connectivity index (χ0v) is 13.2. The molecule has 1 aromatic carbocycles. The zero-order chi connectivity index (χ0) is 15.0. The van der Waals surface area contributed by atoms with Crippen molar-refractivity contribution in [1.82, 2.24) is 10.6 Å². The Morgan fingerprint density at radius 2 is 2.30 bits per heavy atom. The molecule has 0 heterocycles. The molecule has 2 N–H and O–H groups in total. The maximum Gasteiger partial charge on any atom is 0.258 e. The summed E-state index contributed by atoms with van der Waals surface area (Å²) in [5, 5.41) is 14.1. The number of rotatable bonds is 7. The van der Waals surface area contributed by atoms with Gasteiger partial charge < -0.3 is 15.4 Å². The van der Waals surface area contributed by atoms with Crippen LogP contribution in [0, 0.1) is 11.3 Å². The van der Waals surface area contributed by atoms with Gasteiger partial charge in [0.05, 0.1) is 6.07 Å². The highest BCUT2D eigenvalue weighted by atomic mass is 79.9. The molecule has 0 bridgehead atoms. The van der Waals surface area contributed by atoms with Crippen LogP contribution in [-0.4, -0.2) is 25.6 Å². The van der Waals surface area contributed by atoms with Gasteiger partial charge in [0.2, 0.25) is 0 Å². The lowest BCUT2D eigenvalue weighted by atomic mass is 10.1. The lowest BCUT2D eigenvalue weighted by molar-refractivity contribution is -0.122. The number of ether oxygens (including phenoxy) is 1.